The third kappa shape index (κ3) is 3.28. The first-order valence-corrected chi connectivity index (χ1v) is 7.32. The molecule has 20 heavy (non-hydrogen) atoms. The summed E-state index contributed by atoms with van der Waals surface area (Å²) in [7, 11) is 1.93. The van der Waals surface area contributed by atoms with E-state index in [2.05, 4.69) is 20.9 Å². The topological polar surface area (TPSA) is 42.4 Å². The molecule has 0 bridgehead atoms. The number of esters is 1. The smallest absolute Gasteiger partial charge is 0.307 e. The highest BCUT2D eigenvalue weighted by Crippen LogP contribution is 2.29. The van der Waals surface area contributed by atoms with Crippen molar-refractivity contribution < 1.29 is 9.53 Å². The Labute approximate surface area is 126 Å². The lowest BCUT2D eigenvalue weighted by Gasteiger charge is -2.19. The van der Waals surface area contributed by atoms with Crippen LogP contribution in [0.25, 0.3) is 10.8 Å². The van der Waals surface area contributed by atoms with Gasteiger partial charge in [0.2, 0.25) is 0 Å². The minimum absolute atomic E-state index is 0.180. The minimum atomic E-state index is -0.180. The van der Waals surface area contributed by atoms with Crippen molar-refractivity contribution in [1.82, 2.24) is 4.98 Å². The molecule has 0 atom stereocenters. The lowest BCUT2D eigenvalue weighted by molar-refractivity contribution is -0.142. The van der Waals surface area contributed by atoms with E-state index < -0.39 is 0 Å². The van der Waals surface area contributed by atoms with E-state index in [4.69, 9.17) is 4.74 Å². The van der Waals surface area contributed by atoms with Gasteiger partial charge in [-0.15, -0.1) is 0 Å². The normalized spacial score (nSPS) is 10.6. The van der Waals surface area contributed by atoms with Crippen LogP contribution in [0.15, 0.2) is 34.9 Å². The molecule has 106 valence electrons. The zero-order chi connectivity index (χ0) is 14.5. The second-order valence-electron chi connectivity index (χ2n) is 4.45. The molecule has 0 aliphatic carbocycles. The van der Waals surface area contributed by atoms with Gasteiger partial charge >= 0.3 is 5.97 Å². The van der Waals surface area contributed by atoms with Crippen LogP contribution in [-0.4, -0.2) is 31.2 Å². The number of hydrogen-bond donors (Lipinski definition) is 0. The molecule has 0 aliphatic heterocycles. The Morgan fingerprint density at radius 1 is 1.35 bits per heavy atom. The highest BCUT2D eigenvalue weighted by molar-refractivity contribution is 9.10. The molecular formula is C15H17BrN2O2. The van der Waals surface area contributed by atoms with Crippen LogP contribution in [0.2, 0.25) is 0 Å². The van der Waals surface area contributed by atoms with Crippen molar-refractivity contribution in [2.24, 2.45) is 0 Å². The Kier molecular flexibility index (Phi) is 4.95. The van der Waals surface area contributed by atoms with Crippen LogP contribution in [0.5, 0.6) is 0 Å². The average Bonchev–Trinajstić information content (AvgIpc) is 2.45. The molecule has 5 heteroatoms. The molecular weight excluding hydrogens is 320 g/mol. The Bertz CT molecular complexity index is 616. The number of nitrogens with zero attached hydrogens (tertiary/aromatic N) is 2. The third-order valence-electron chi connectivity index (χ3n) is 3.05. The van der Waals surface area contributed by atoms with Gasteiger partial charge < -0.3 is 9.64 Å². The van der Waals surface area contributed by atoms with Crippen LogP contribution < -0.4 is 4.90 Å². The van der Waals surface area contributed by atoms with Gasteiger partial charge in [-0.05, 0) is 19.1 Å². The number of rotatable bonds is 5. The van der Waals surface area contributed by atoms with Gasteiger partial charge in [-0.25, -0.2) is 4.98 Å². The molecule has 0 unspecified atom stereocenters. The molecule has 2 aromatic rings. The summed E-state index contributed by atoms with van der Waals surface area (Å²) in [6.45, 7) is 2.81. The summed E-state index contributed by atoms with van der Waals surface area (Å²) in [4.78, 5) is 17.8. The van der Waals surface area contributed by atoms with Crippen LogP contribution >= 0.6 is 15.9 Å². The van der Waals surface area contributed by atoms with Crippen molar-refractivity contribution in [3.05, 3.63) is 34.9 Å². The van der Waals surface area contributed by atoms with E-state index in [1.165, 1.54) is 0 Å². The van der Waals surface area contributed by atoms with Gasteiger partial charge in [0.15, 0.2) is 0 Å². The van der Waals surface area contributed by atoms with Crippen LogP contribution in [0.1, 0.15) is 13.3 Å². The van der Waals surface area contributed by atoms with E-state index in [1.807, 2.05) is 43.1 Å². The molecule has 0 radical (unpaired) electrons. The Hall–Kier alpha value is -1.62. The summed E-state index contributed by atoms with van der Waals surface area (Å²) in [6.07, 6.45) is 2.14. The molecule has 2 rings (SSSR count). The summed E-state index contributed by atoms with van der Waals surface area (Å²) in [5, 5.41) is 2.17. The average molecular weight is 337 g/mol. The number of carbonyl (C=O) groups excluding carboxylic acids is 1. The zero-order valence-electron chi connectivity index (χ0n) is 11.6. The van der Waals surface area contributed by atoms with Crippen molar-refractivity contribution in [3.63, 3.8) is 0 Å². The Balaban J connectivity index is 2.20. The molecule has 0 saturated heterocycles. The summed E-state index contributed by atoms with van der Waals surface area (Å²) >= 11 is 3.54. The standard InChI is InChI=1S/C15H17BrN2O2/c1-3-20-14(19)8-10-18(2)15-12-5-4-6-13(16)11(12)7-9-17-15/h4-7,9H,3,8,10H2,1-2H3. The van der Waals surface area contributed by atoms with Crippen molar-refractivity contribution in [1.29, 1.82) is 0 Å². The van der Waals surface area contributed by atoms with Crippen molar-refractivity contribution in [2.75, 3.05) is 25.1 Å². The van der Waals surface area contributed by atoms with Crippen LogP contribution in [0, 0.1) is 0 Å². The highest BCUT2D eigenvalue weighted by Gasteiger charge is 2.11. The number of halogens is 1. The van der Waals surface area contributed by atoms with Crippen LogP contribution in [-0.2, 0) is 9.53 Å². The molecule has 0 saturated carbocycles. The SMILES string of the molecule is CCOC(=O)CCN(C)c1nccc2c(Br)cccc12. The van der Waals surface area contributed by atoms with Crippen LogP contribution in [0.4, 0.5) is 5.82 Å². The summed E-state index contributed by atoms with van der Waals surface area (Å²) in [5.74, 6) is 0.689. The lowest BCUT2D eigenvalue weighted by Crippen LogP contribution is -2.23. The van der Waals surface area contributed by atoms with E-state index in [1.54, 1.807) is 6.20 Å². The van der Waals surface area contributed by atoms with Crippen molar-refractivity contribution >= 4 is 38.5 Å². The largest absolute Gasteiger partial charge is 0.466 e. The summed E-state index contributed by atoms with van der Waals surface area (Å²) in [6, 6.07) is 7.99. The van der Waals surface area contributed by atoms with Gasteiger partial charge in [-0.2, -0.15) is 0 Å². The lowest BCUT2D eigenvalue weighted by atomic mass is 10.1. The molecule has 1 heterocycles. The second-order valence-corrected chi connectivity index (χ2v) is 5.30. The molecule has 4 nitrogen and oxygen atoms in total. The first kappa shape index (κ1) is 14.8. The molecule has 1 aromatic heterocycles. The number of aromatic nitrogens is 1. The summed E-state index contributed by atoms with van der Waals surface area (Å²) < 4.78 is 5.98. The van der Waals surface area contributed by atoms with Crippen molar-refractivity contribution in [2.45, 2.75) is 13.3 Å². The quantitative estimate of drug-likeness (QED) is 0.785. The van der Waals surface area contributed by atoms with Gasteiger partial charge in [0.1, 0.15) is 5.82 Å². The number of benzene rings is 1. The van der Waals surface area contributed by atoms with E-state index in [-0.39, 0.29) is 5.97 Å². The Morgan fingerprint density at radius 3 is 2.90 bits per heavy atom. The predicted molar refractivity (Wildman–Crippen MR) is 84.0 cm³/mol. The van der Waals surface area contributed by atoms with Gasteiger partial charge in [0.25, 0.3) is 0 Å². The van der Waals surface area contributed by atoms with Gasteiger partial charge in [0, 0.05) is 35.0 Å². The molecule has 0 N–H and O–H groups in total. The first-order chi connectivity index (χ1) is 9.63. The number of ether oxygens (including phenoxy) is 1. The minimum Gasteiger partial charge on any atom is -0.466 e. The van der Waals surface area contributed by atoms with E-state index in [0.717, 1.165) is 21.1 Å². The molecule has 0 fully saturated rings. The molecule has 1 aromatic carbocycles. The maximum atomic E-state index is 11.4. The molecule has 0 aliphatic rings. The first-order valence-electron chi connectivity index (χ1n) is 6.53. The van der Waals surface area contributed by atoms with Gasteiger partial charge in [-0.1, -0.05) is 28.1 Å². The van der Waals surface area contributed by atoms with E-state index in [9.17, 15) is 4.79 Å². The summed E-state index contributed by atoms with van der Waals surface area (Å²) in [5.41, 5.74) is 0. The van der Waals surface area contributed by atoms with Gasteiger partial charge in [-0.3, -0.25) is 4.79 Å². The highest BCUT2D eigenvalue weighted by atomic mass is 79.9. The number of pyridine rings is 1. The number of anilines is 1. The molecule has 0 spiro atoms. The van der Waals surface area contributed by atoms with Crippen LogP contribution in [0.3, 0.4) is 0 Å². The Morgan fingerprint density at radius 2 is 2.15 bits per heavy atom. The maximum Gasteiger partial charge on any atom is 0.307 e. The fraction of sp³-hybridized carbons (Fsp3) is 0.333. The number of carbonyl (C=O) groups is 1. The predicted octanol–water partition coefficient (Wildman–Crippen LogP) is 3.39. The maximum absolute atomic E-state index is 11.4. The monoisotopic (exact) mass is 336 g/mol. The zero-order valence-corrected chi connectivity index (χ0v) is 13.2. The van der Waals surface area contributed by atoms with E-state index >= 15 is 0 Å². The second kappa shape index (κ2) is 6.70. The van der Waals surface area contributed by atoms with Crippen molar-refractivity contribution in [3.8, 4) is 0 Å². The fourth-order valence-electron chi connectivity index (χ4n) is 2.06. The number of fused-ring (bicyclic) bond motifs is 1. The third-order valence-corrected chi connectivity index (χ3v) is 3.74. The molecule has 0 amide bonds. The van der Waals surface area contributed by atoms with Gasteiger partial charge in [0.05, 0.1) is 13.0 Å². The fourth-order valence-corrected chi connectivity index (χ4v) is 2.55. The number of hydrogen-bond acceptors (Lipinski definition) is 4. The van der Waals surface area contributed by atoms with E-state index in [0.29, 0.717) is 19.6 Å².